The van der Waals surface area contributed by atoms with Gasteiger partial charge in [0.05, 0.1) is 27.8 Å². The van der Waals surface area contributed by atoms with Crippen LogP contribution in [0.4, 0.5) is 0 Å². The van der Waals surface area contributed by atoms with Crippen molar-refractivity contribution in [3.8, 4) is 39.5 Å². The Bertz CT molecular complexity index is 3570. The number of imidazole rings is 1. The van der Waals surface area contributed by atoms with E-state index >= 15 is 0 Å². The topological polar surface area (TPSA) is 57.0 Å². The van der Waals surface area contributed by atoms with E-state index in [1.165, 1.54) is 39.1 Å². The van der Waals surface area contributed by atoms with Crippen LogP contribution in [0.5, 0.6) is 0 Å². The molecule has 11 rings (SSSR count). The third-order valence-corrected chi connectivity index (χ3v) is 13.0. The van der Waals surface area contributed by atoms with Gasteiger partial charge < -0.3 is 18.4 Å². The maximum Gasteiger partial charge on any atom is 0.139 e. The molecule has 0 aliphatic rings. The van der Waals surface area contributed by atoms with Crippen LogP contribution in [-0.4, -0.2) is 14.5 Å². The van der Waals surface area contributed by atoms with E-state index in [4.69, 9.17) is 13.8 Å². The molecule has 0 atom stereocenters. The molecule has 1 radical (unpaired) electrons. The number of rotatable bonds is 6. The number of fused-ring (bicyclic) bond motifs is 8. The molecule has 0 saturated heterocycles. The number of nitrogens with zero attached hydrogens (tertiary/aromatic N) is 3. The molecule has 0 bridgehead atoms. The van der Waals surface area contributed by atoms with Crippen LogP contribution in [0.1, 0.15) is 103 Å². The fourth-order valence-corrected chi connectivity index (χ4v) is 9.33. The van der Waals surface area contributed by atoms with Crippen LogP contribution in [0.3, 0.4) is 0 Å². The molecule has 6 heteroatoms. The monoisotopic (exact) mass is 1070 g/mol. The molecular weight excluding hydrogens is 1010 g/mol. The van der Waals surface area contributed by atoms with Gasteiger partial charge in [0.1, 0.15) is 16.7 Å². The second-order valence-corrected chi connectivity index (χ2v) is 20.5. The number of aromatic nitrogens is 3. The third-order valence-electron chi connectivity index (χ3n) is 13.0. The molecule has 0 aliphatic carbocycles. The maximum absolute atomic E-state index is 6.97. The zero-order valence-electron chi connectivity index (χ0n) is 40.6. The van der Waals surface area contributed by atoms with Gasteiger partial charge in [-0.25, -0.2) is 0 Å². The molecule has 0 amide bonds. The van der Waals surface area contributed by atoms with Crippen molar-refractivity contribution in [2.75, 3.05) is 0 Å². The molecule has 343 valence electrons. The largest absolute Gasteiger partial charge is 0.500 e. The Labute approximate surface area is 413 Å². The predicted molar refractivity (Wildman–Crippen MR) is 279 cm³/mol. The van der Waals surface area contributed by atoms with Gasteiger partial charge in [0.25, 0.3) is 0 Å². The number of pyridine rings is 1. The van der Waals surface area contributed by atoms with Crippen molar-refractivity contribution in [3.05, 3.63) is 186 Å². The van der Waals surface area contributed by atoms with Gasteiger partial charge in [0.2, 0.25) is 0 Å². The number of hydrogen-bond donors (Lipinski definition) is 0. The zero-order chi connectivity index (χ0) is 46.8. The number of furan rings is 2. The van der Waals surface area contributed by atoms with Crippen molar-refractivity contribution in [2.24, 2.45) is 0 Å². The summed E-state index contributed by atoms with van der Waals surface area (Å²) in [5.74, 6) is 1.34. The average molecular weight is 1070 g/mol. The second kappa shape index (κ2) is 18.1. The summed E-state index contributed by atoms with van der Waals surface area (Å²) in [6.07, 6.45) is 1.87. The molecule has 5 nitrogen and oxygen atoms in total. The van der Waals surface area contributed by atoms with E-state index < -0.39 is 0 Å². The van der Waals surface area contributed by atoms with E-state index in [-0.39, 0.29) is 42.8 Å². The molecule has 11 aromatic rings. The van der Waals surface area contributed by atoms with E-state index in [9.17, 15) is 0 Å². The number of benzene rings is 7. The quantitative estimate of drug-likeness (QED) is 0.156. The summed E-state index contributed by atoms with van der Waals surface area (Å²) < 4.78 is 15.6. The second-order valence-electron chi connectivity index (χ2n) is 20.5. The predicted octanol–water partition coefficient (Wildman–Crippen LogP) is 17.3. The Morgan fingerprint density at radius 2 is 1.24 bits per heavy atom. The standard InChI is InChI=1S/C47H41N2O2.C15H16N.Ir/c1-27(2)36-24-30(29-14-9-8-10-15-29)25-37(28(3)4)43(36)49-39-22-20-31(47(5,6)7)26-38(39)48-46(49)35-18-13-17-32-33-21-23-41-42(45(33)51-44(32)35)34-16-11-12-19-40(34)50-41;1-15(2,3)13-9-10-16-14(11-13)12-7-5-4-6-8-12;/h8-17,19-28H,1-7H3;4-7,9-11H,1-3H3;/q2*-1;. The van der Waals surface area contributed by atoms with Crippen LogP contribution in [0.15, 0.2) is 161 Å². The maximum atomic E-state index is 6.97. The van der Waals surface area contributed by atoms with Crippen molar-refractivity contribution < 1.29 is 28.9 Å². The molecule has 4 heterocycles. The molecule has 0 N–H and O–H groups in total. The SMILES string of the molecule is CC(C)(C)c1ccnc(-c2[c-]cccc2)c1.CC(C)c1cc(-c2ccccc2)cc(C(C)C)c1-n1c(-c2[c-]ccc3c2oc2c3ccc3oc4ccccc4c32)nc2cc(C(C)(C)C)ccc21.[Ir]. The van der Waals surface area contributed by atoms with Gasteiger partial charge in [-0.1, -0.05) is 141 Å². The summed E-state index contributed by atoms with van der Waals surface area (Å²) in [7, 11) is 0. The van der Waals surface area contributed by atoms with Crippen molar-refractivity contribution in [3.63, 3.8) is 0 Å². The van der Waals surface area contributed by atoms with Crippen LogP contribution in [0.25, 0.3) is 94.4 Å². The Morgan fingerprint density at radius 3 is 1.93 bits per heavy atom. The van der Waals surface area contributed by atoms with Crippen molar-refractivity contribution in [1.29, 1.82) is 0 Å². The van der Waals surface area contributed by atoms with Gasteiger partial charge >= 0.3 is 0 Å². The molecule has 68 heavy (non-hydrogen) atoms. The summed E-state index contributed by atoms with van der Waals surface area (Å²) in [4.78, 5) is 9.88. The van der Waals surface area contributed by atoms with E-state index in [0.29, 0.717) is 0 Å². The minimum atomic E-state index is -0.0226. The fraction of sp³-hybridized carbons (Fsp3) is 0.226. The summed E-state index contributed by atoms with van der Waals surface area (Å²) in [6.45, 7) is 22.6. The summed E-state index contributed by atoms with van der Waals surface area (Å²) in [6, 6.07) is 57.7. The number of para-hydroxylation sites is 1. The minimum Gasteiger partial charge on any atom is -0.500 e. The van der Waals surface area contributed by atoms with E-state index in [0.717, 1.165) is 77.6 Å². The average Bonchev–Trinajstić information content (AvgIpc) is 4.02. The molecule has 0 fully saturated rings. The summed E-state index contributed by atoms with van der Waals surface area (Å²) >= 11 is 0. The summed E-state index contributed by atoms with van der Waals surface area (Å²) in [5, 5.41) is 4.13. The Morgan fingerprint density at radius 1 is 0.559 bits per heavy atom. The van der Waals surface area contributed by atoms with Gasteiger partial charge in [-0.05, 0) is 110 Å². The zero-order valence-corrected chi connectivity index (χ0v) is 43.0. The van der Waals surface area contributed by atoms with Gasteiger partial charge in [-0.15, -0.1) is 54.1 Å². The van der Waals surface area contributed by atoms with E-state index in [2.05, 4.69) is 188 Å². The molecule has 0 aliphatic heterocycles. The minimum absolute atomic E-state index is 0. The first-order chi connectivity index (χ1) is 32.2. The summed E-state index contributed by atoms with van der Waals surface area (Å²) in [5.41, 5.74) is 17.1. The smallest absolute Gasteiger partial charge is 0.139 e. The van der Waals surface area contributed by atoms with Gasteiger partial charge in [-0.3, -0.25) is 4.98 Å². The molecule has 7 aromatic carbocycles. The van der Waals surface area contributed by atoms with Crippen molar-refractivity contribution in [1.82, 2.24) is 14.5 Å². The van der Waals surface area contributed by atoms with Crippen LogP contribution in [0, 0.1) is 12.1 Å². The van der Waals surface area contributed by atoms with E-state index in [1.807, 2.05) is 54.7 Å². The first-order valence-corrected chi connectivity index (χ1v) is 23.5. The first kappa shape index (κ1) is 46.5. The molecule has 0 unspecified atom stereocenters. The van der Waals surface area contributed by atoms with Gasteiger partial charge in [0, 0.05) is 42.8 Å². The van der Waals surface area contributed by atoms with Crippen LogP contribution in [0.2, 0.25) is 0 Å². The van der Waals surface area contributed by atoms with E-state index in [1.54, 1.807) is 0 Å². The molecular formula is C62H57IrN3O2-2. The Hall–Kier alpha value is -6.59. The van der Waals surface area contributed by atoms with Crippen molar-refractivity contribution >= 4 is 54.9 Å². The van der Waals surface area contributed by atoms with Crippen LogP contribution in [-0.2, 0) is 30.9 Å². The van der Waals surface area contributed by atoms with Crippen LogP contribution < -0.4 is 0 Å². The third kappa shape index (κ3) is 8.50. The van der Waals surface area contributed by atoms with Crippen molar-refractivity contribution in [2.45, 2.75) is 91.9 Å². The first-order valence-electron chi connectivity index (χ1n) is 23.5. The fourth-order valence-electron chi connectivity index (χ4n) is 9.33. The molecule has 0 spiro atoms. The number of hydrogen-bond acceptors (Lipinski definition) is 4. The Kier molecular flexibility index (Phi) is 12.4. The Balaban J connectivity index is 0.000000289. The van der Waals surface area contributed by atoms with Gasteiger partial charge in [-0.2, -0.15) is 0 Å². The van der Waals surface area contributed by atoms with Crippen LogP contribution >= 0.6 is 0 Å². The molecule has 4 aromatic heterocycles. The molecule has 0 saturated carbocycles. The normalized spacial score (nSPS) is 12.1. The van der Waals surface area contributed by atoms with Gasteiger partial charge in [0.15, 0.2) is 0 Å².